The second-order valence-electron chi connectivity index (χ2n) is 7.55. The molecule has 0 radical (unpaired) electrons. The van der Waals surface area contributed by atoms with Crippen LogP contribution in [0.25, 0.3) is 0 Å². The monoisotopic (exact) mass is 456 g/mol. The Hall–Kier alpha value is -1.94. The van der Waals surface area contributed by atoms with E-state index in [1.54, 1.807) is 31.2 Å². The van der Waals surface area contributed by atoms with Crippen LogP contribution in [0.3, 0.4) is 0 Å². The number of nitrogens with one attached hydrogen (secondary N) is 1. The molecule has 1 aliphatic rings. The fourth-order valence-corrected chi connectivity index (χ4v) is 4.33. The van der Waals surface area contributed by atoms with Gasteiger partial charge in [-0.25, -0.2) is 17.1 Å². The van der Waals surface area contributed by atoms with Crippen LogP contribution in [0.2, 0.25) is 0 Å². The van der Waals surface area contributed by atoms with Crippen molar-refractivity contribution in [3.63, 3.8) is 0 Å². The van der Waals surface area contributed by atoms with Crippen molar-refractivity contribution in [2.24, 2.45) is 0 Å². The van der Waals surface area contributed by atoms with Gasteiger partial charge in [0.05, 0.1) is 7.11 Å². The minimum atomic E-state index is -3.61. The maximum Gasteiger partial charge on any atom is 0.246 e. The molecule has 31 heavy (non-hydrogen) atoms. The van der Waals surface area contributed by atoms with E-state index in [9.17, 15) is 12.8 Å². The number of sulfonamides is 1. The van der Waals surface area contributed by atoms with E-state index in [1.165, 1.54) is 31.6 Å². The third-order valence-corrected chi connectivity index (χ3v) is 6.65. The van der Waals surface area contributed by atoms with Gasteiger partial charge in [-0.15, -0.1) is 0 Å². The van der Waals surface area contributed by atoms with E-state index in [4.69, 9.17) is 14.2 Å². The maximum absolute atomic E-state index is 14.4. The summed E-state index contributed by atoms with van der Waals surface area (Å²) in [6, 6.07) is 5.25. The lowest BCUT2D eigenvalue weighted by molar-refractivity contribution is -0.102. The van der Waals surface area contributed by atoms with Crippen molar-refractivity contribution in [2.45, 2.75) is 43.5 Å². The molecule has 174 valence electrons. The Morgan fingerprint density at radius 1 is 1.32 bits per heavy atom. The molecule has 2 rings (SSSR count). The van der Waals surface area contributed by atoms with Crippen LogP contribution in [0, 0.1) is 0 Å². The molecule has 0 amide bonds. The van der Waals surface area contributed by atoms with Crippen molar-refractivity contribution in [1.82, 2.24) is 9.62 Å². The van der Waals surface area contributed by atoms with E-state index in [0.717, 1.165) is 5.56 Å². The second kappa shape index (κ2) is 11.1. The zero-order valence-corrected chi connectivity index (χ0v) is 19.7. The molecule has 0 saturated carbocycles. The Morgan fingerprint density at radius 3 is 2.71 bits per heavy atom. The van der Waals surface area contributed by atoms with Crippen LogP contribution in [0.15, 0.2) is 47.1 Å². The zero-order valence-electron chi connectivity index (χ0n) is 18.9. The van der Waals surface area contributed by atoms with Gasteiger partial charge >= 0.3 is 0 Å². The Bertz CT molecular complexity index is 901. The van der Waals surface area contributed by atoms with Gasteiger partial charge < -0.3 is 19.5 Å². The Balaban J connectivity index is 1.90. The Morgan fingerprint density at radius 2 is 2.06 bits per heavy atom. The first-order valence-electron chi connectivity index (χ1n) is 10.3. The Kier molecular flexibility index (Phi) is 9.05. The predicted molar refractivity (Wildman–Crippen MR) is 118 cm³/mol. The highest BCUT2D eigenvalue weighted by Crippen LogP contribution is 2.28. The van der Waals surface area contributed by atoms with Crippen molar-refractivity contribution in [1.29, 1.82) is 0 Å². The first-order chi connectivity index (χ1) is 14.6. The number of benzene rings is 1. The lowest BCUT2D eigenvalue weighted by Gasteiger charge is -2.24. The lowest BCUT2D eigenvalue weighted by atomic mass is 10.1. The molecule has 9 heteroatoms. The third kappa shape index (κ3) is 7.03. The van der Waals surface area contributed by atoms with Crippen LogP contribution >= 0.6 is 0 Å². The fourth-order valence-electron chi connectivity index (χ4n) is 3.23. The Labute approximate surface area is 184 Å². The number of alkyl halides is 1. The van der Waals surface area contributed by atoms with Crippen molar-refractivity contribution in [2.75, 3.05) is 41.0 Å². The summed E-state index contributed by atoms with van der Waals surface area (Å²) >= 11 is 0. The normalized spacial score (nSPS) is 19.9. The van der Waals surface area contributed by atoms with Crippen LogP contribution in [0.5, 0.6) is 5.75 Å². The van der Waals surface area contributed by atoms with E-state index < -0.39 is 15.9 Å². The van der Waals surface area contributed by atoms with Crippen LogP contribution in [0.4, 0.5) is 4.39 Å². The molecule has 0 aliphatic heterocycles. The van der Waals surface area contributed by atoms with E-state index in [0.29, 0.717) is 31.1 Å². The van der Waals surface area contributed by atoms with Crippen LogP contribution in [0.1, 0.15) is 25.8 Å². The van der Waals surface area contributed by atoms with Gasteiger partial charge in [-0.2, -0.15) is 0 Å². The summed E-state index contributed by atoms with van der Waals surface area (Å²) < 4.78 is 56.7. The summed E-state index contributed by atoms with van der Waals surface area (Å²) in [5.41, 5.74) is 0.874. The number of ether oxygens (including phenoxy) is 3. The predicted octanol–water partition coefficient (Wildman–Crippen LogP) is 3.03. The highest BCUT2D eigenvalue weighted by Gasteiger charge is 2.29. The first-order valence-corrected chi connectivity index (χ1v) is 11.7. The lowest BCUT2D eigenvalue weighted by Crippen LogP contribution is -2.31. The topological polar surface area (TPSA) is 77.1 Å². The highest BCUT2D eigenvalue weighted by molar-refractivity contribution is 7.89. The van der Waals surface area contributed by atoms with Gasteiger partial charge in [-0.05, 0) is 44.0 Å². The molecule has 2 atom stereocenters. The fraction of sp³-hybridized carbons (Fsp3) is 0.545. The van der Waals surface area contributed by atoms with Crippen LogP contribution in [-0.2, 0) is 25.9 Å². The van der Waals surface area contributed by atoms with Gasteiger partial charge in [-0.1, -0.05) is 12.1 Å². The average Bonchev–Trinajstić information content (AvgIpc) is 2.71. The highest BCUT2D eigenvalue weighted by atomic mass is 32.2. The van der Waals surface area contributed by atoms with Gasteiger partial charge in [0.15, 0.2) is 0 Å². The van der Waals surface area contributed by atoms with E-state index in [1.807, 2.05) is 13.0 Å². The zero-order chi connectivity index (χ0) is 23.1. The summed E-state index contributed by atoms with van der Waals surface area (Å²) in [5, 5.41) is 3.33. The minimum absolute atomic E-state index is 0.0754. The summed E-state index contributed by atoms with van der Waals surface area (Å²) in [5.74, 6) is -1.04. The summed E-state index contributed by atoms with van der Waals surface area (Å²) in [7, 11) is 0.820. The summed E-state index contributed by atoms with van der Waals surface area (Å²) in [6.45, 7) is 4.97. The number of hydrogen-bond acceptors (Lipinski definition) is 6. The van der Waals surface area contributed by atoms with Gasteiger partial charge in [-0.3, -0.25) is 0 Å². The molecule has 2 unspecified atom stereocenters. The summed E-state index contributed by atoms with van der Waals surface area (Å²) in [4.78, 5) is 0.146. The molecule has 1 N–H and O–H groups in total. The van der Waals surface area contributed by atoms with Crippen LogP contribution < -0.4 is 10.1 Å². The molecule has 1 aromatic rings. The largest absolute Gasteiger partial charge is 0.495 e. The first kappa shape index (κ1) is 25.3. The number of halogens is 1. The van der Waals surface area contributed by atoms with E-state index in [-0.39, 0.29) is 24.0 Å². The molecule has 0 saturated heterocycles. The maximum atomic E-state index is 14.4. The molecular weight excluding hydrogens is 423 g/mol. The quantitative estimate of drug-likeness (QED) is 0.487. The number of hydrogen-bond donors (Lipinski definition) is 1. The van der Waals surface area contributed by atoms with Crippen molar-refractivity contribution in [3.8, 4) is 5.75 Å². The van der Waals surface area contributed by atoms with Crippen molar-refractivity contribution < 1.29 is 27.0 Å². The van der Waals surface area contributed by atoms with E-state index in [2.05, 4.69) is 5.32 Å². The molecular formula is C22H33FN2O5S. The molecule has 0 aromatic heterocycles. The summed E-state index contributed by atoms with van der Waals surface area (Å²) in [6.07, 6.45) is 5.61. The van der Waals surface area contributed by atoms with Gasteiger partial charge in [0.2, 0.25) is 15.9 Å². The molecule has 0 heterocycles. The number of nitrogens with zero attached hydrogens (tertiary/aromatic N) is 1. The number of methoxy groups -OCH3 is 1. The van der Waals surface area contributed by atoms with E-state index >= 15 is 0 Å². The van der Waals surface area contributed by atoms with Crippen LogP contribution in [-0.4, -0.2) is 65.6 Å². The van der Waals surface area contributed by atoms with Crippen molar-refractivity contribution in [3.05, 3.63) is 47.7 Å². The van der Waals surface area contributed by atoms with Gasteiger partial charge in [0.1, 0.15) is 23.0 Å². The molecule has 0 fully saturated rings. The smallest absolute Gasteiger partial charge is 0.246 e. The molecule has 1 aromatic carbocycles. The molecule has 1 aliphatic carbocycles. The van der Waals surface area contributed by atoms with Gasteiger partial charge in [0, 0.05) is 45.8 Å². The molecule has 0 spiro atoms. The number of rotatable bonds is 12. The third-order valence-electron chi connectivity index (χ3n) is 4.81. The van der Waals surface area contributed by atoms with Crippen molar-refractivity contribution >= 4 is 10.0 Å². The van der Waals surface area contributed by atoms with Gasteiger partial charge in [0.25, 0.3) is 0 Å². The average molecular weight is 457 g/mol. The second-order valence-corrected chi connectivity index (χ2v) is 9.67. The standard InChI is InChI=1S/C22H33FN2O5S/c1-6-30-22(23)11-7-8-19(16-22)29-13-12-24-17(2)14-18-9-10-20(28-5)21(15-18)31(26,27)25(3)4/h7-10,15-17,24H,6,11-14H2,1-5H3. The minimum Gasteiger partial charge on any atom is -0.495 e. The SMILES string of the molecule is CCOC1(F)C=C(OCCNC(C)Cc2ccc(OC)c(S(=O)(=O)N(C)C)c2)C=CC1. The number of allylic oxidation sites excluding steroid dienone is 1. The molecule has 7 nitrogen and oxygen atoms in total. The molecule has 0 bridgehead atoms.